The number of benzene rings is 3. The number of hydrazone groups is 2. The molecule has 1 heterocycles. The van der Waals surface area contributed by atoms with Gasteiger partial charge >= 0.3 is 0 Å². The lowest BCUT2D eigenvalue weighted by molar-refractivity contribution is 0.588. The smallest absolute Gasteiger partial charge is 0.144 e. The maximum Gasteiger partial charge on any atom is 0.144 e. The molecular weight excluding hydrogens is 408 g/mol. The highest BCUT2D eigenvalue weighted by Gasteiger charge is 2.34. The molecule has 0 fully saturated rings. The molecule has 0 N–H and O–H groups in total. The number of hydrogen-bond acceptors (Lipinski definition) is 6. The van der Waals surface area contributed by atoms with Crippen LogP contribution in [0.2, 0.25) is 0 Å². The molecule has 0 saturated heterocycles. The summed E-state index contributed by atoms with van der Waals surface area (Å²) in [7, 11) is 8.17. The molecule has 6 heteroatoms. The van der Waals surface area contributed by atoms with E-state index in [1.807, 2.05) is 52.8 Å². The number of rotatable bonds is 7. The molecule has 0 radical (unpaired) electrons. The molecule has 1 aliphatic heterocycles. The van der Waals surface area contributed by atoms with E-state index in [4.69, 9.17) is 10.2 Å². The molecular formula is C27H32N6. The van der Waals surface area contributed by atoms with E-state index in [0.717, 1.165) is 28.9 Å². The predicted octanol–water partition coefficient (Wildman–Crippen LogP) is 5.25. The summed E-state index contributed by atoms with van der Waals surface area (Å²) in [4.78, 5) is 4.18. The normalized spacial score (nSPS) is 15.5. The van der Waals surface area contributed by atoms with Crippen molar-refractivity contribution in [2.75, 3.05) is 48.0 Å². The topological polar surface area (TPSA) is 37.7 Å². The number of hydrogen-bond donors (Lipinski definition) is 0. The van der Waals surface area contributed by atoms with Crippen molar-refractivity contribution < 1.29 is 0 Å². The highest BCUT2D eigenvalue weighted by molar-refractivity contribution is 5.86. The fourth-order valence-electron chi connectivity index (χ4n) is 3.88. The minimum Gasteiger partial charge on any atom is -0.378 e. The van der Waals surface area contributed by atoms with Crippen molar-refractivity contribution in [1.29, 1.82) is 0 Å². The average molecular weight is 441 g/mol. The summed E-state index contributed by atoms with van der Waals surface area (Å²) in [5, 5.41) is 13.9. The summed E-state index contributed by atoms with van der Waals surface area (Å²) >= 11 is 0. The van der Waals surface area contributed by atoms with Crippen molar-refractivity contribution in [3.8, 4) is 0 Å². The first-order valence-electron chi connectivity index (χ1n) is 11.3. The number of fused-ring (bicyclic) bond motifs is 1. The number of nitrogens with zero attached hydrogens (tertiary/aromatic N) is 6. The summed E-state index contributed by atoms with van der Waals surface area (Å²) in [5.74, 6) is 0. The van der Waals surface area contributed by atoms with Crippen LogP contribution in [0.3, 0.4) is 0 Å². The third kappa shape index (κ3) is 4.85. The van der Waals surface area contributed by atoms with E-state index in [0.29, 0.717) is 0 Å². The summed E-state index contributed by atoms with van der Waals surface area (Å²) in [6.45, 7) is 2.17. The van der Waals surface area contributed by atoms with Gasteiger partial charge in [-0.1, -0.05) is 43.3 Å². The molecule has 6 nitrogen and oxygen atoms in total. The van der Waals surface area contributed by atoms with Gasteiger partial charge in [0, 0.05) is 39.6 Å². The Labute approximate surface area is 197 Å². The van der Waals surface area contributed by atoms with E-state index in [9.17, 15) is 0 Å². The molecule has 0 saturated carbocycles. The van der Waals surface area contributed by atoms with Gasteiger partial charge in [-0.15, -0.1) is 0 Å². The molecule has 3 aromatic carbocycles. The van der Waals surface area contributed by atoms with Crippen molar-refractivity contribution in [2.45, 2.75) is 19.5 Å². The quantitative estimate of drug-likeness (QED) is 0.470. The highest BCUT2D eigenvalue weighted by atomic mass is 15.7. The van der Waals surface area contributed by atoms with Crippen LogP contribution in [-0.2, 0) is 0 Å². The van der Waals surface area contributed by atoms with E-state index in [2.05, 4.69) is 87.4 Å². The largest absolute Gasteiger partial charge is 0.378 e. The third-order valence-corrected chi connectivity index (χ3v) is 5.79. The molecule has 0 spiro atoms. The first kappa shape index (κ1) is 22.4. The summed E-state index contributed by atoms with van der Waals surface area (Å²) in [6, 6.07) is 25.1. The second-order valence-electron chi connectivity index (χ2n) is 8.53. The zero-order valence-electron chi connectivity index (χ0n) is 20.1. The highest BCUT2D eigenvalue weighted by Crippen LogP contribution is 2.40. The Hall–Kier alpha value is -3.80. The second kappa shape index (κ2) is 9.77. The zero-order valence-corrected chi connectivity index (χ0v) is 20.1. The van der Waals surface area contributed by atoms with Crippen molar-refractivity contribution in [2.24, 2.45) is 10.2 Å². The van der Waals surface area contributed by atoms with E-state index < -0.39 is 0 Å². The monoisotopic (exact) mass is 440 g/mol. The lowest BCUT2D eigenvalue weighted by Gasteiger charge is -2.25. The molecule has 0 amide bonds. The SMILES string of the molecule is CCC1N(N=Cc2ccc(N(C)C)cc2)c2ccccc2N1N=Cc1ccc(N(C)C)cc1. The van der Waals surface area contributed by atoms with Crippen LogP contribution >= 0.6 is 0 Å². The maximum absolute atomic E-state index is 4.87. The predicted molar refractivity (Wildman–Crippen MR) is 142 cm³/mol. The Kier molecular flexibility index (Phi) is 6.63. The van der Waals surface area contributed by atoms with Gasteiger partial charge in [0.05, 0.1) is 23.8 Å². The Morgan fingerprint density at radius 1 is 0.667 bits per heavy atom. The Morgan fingerprint density at radius 3 is 1.39 bits per heavy atom. The first-order chi connectivity index (χ1) is 16.0. The zero-order chi connectivity index (χ0) is 23.4. The Balaban J connectivity index is 1.59. The molecule has 170 valence electrons. The molecule has 33 heavy (non-hydrogen) atoms. The molecule has 0 aromatic heterocycles. The van der Waals surface area contributed by atoms with Crippen LogP contribution in [0.5, 0.6) is 0 Å². The van der Waals surface area contributed by atoms with Gasteiger partial charge in [-0.3, -0.25) is 0 Å². The van der Waals surface area contributed by atoms with Crippen LogP contribution in [0, 0.1) is 0 Å². The molecule has 0 unspecified atom stereocenters. The Bertz CT molecular complexity index is 1030. The van der Waals surface area contributed by atoms with Crippen molar-refractivity contribution >= 4 is 35.2 Å². The molecule has 0 aliphatic carbocycles. The van der Waals surface area contributed by atoms with Gasteiger partial charge in [0.1, 0.15) is 6.17 Å². The molecule has 3 aromatic rings. The lowest BCUT2D eigenvalue weighted by Crippen LogP contribution is -2.37. The molecule has 0 atom stereocenters. The van der Waals surface area contributed by atoms with E-state index in [-0.39, 0.29) is 6.17 Å². The summed E-state index contributed by atoms with van der Waals surface area (Å²) < 4.78 is 0. The minimum absolute atomic E-state index is 0.0111. The van der Waals surface area contributed by atoms with Gasteiger partial charge in [0.15, 0.2) is 0 Å². The lowest BCUT2D eigenvalue weighted by atomic mass is 10.2. The number of para-hydroxylation sites is 2. The van der Waals surface area contributed by atoms with Crippen LogP contribution in [-0.4, -0.2) is 46.8 Å². The maximum atomic E-state index is 4.87. The number of anilines is 4. The van der Waals surface area contributed by atoms with Gasteiger partial charge in [-0.05, 0) is 53.9 Å². The van der Waals surface area contributed by atoms with E-state index in [1.54, 1.807) is 0 Å². The minimum atomic E-state index is 0.0111. The van der Waals surface area contributed by atoms with Gasteiger partial charge in [-0.25, -0.2) is 10.0 Å². The van der Waals surface area contributed by atoms with Gasteiger partial charge in [0.25, 0.3) is 0 Å². The molecule has 1 aliphatic rings. The van der Waals surface area contributed by atoms with Crippen LogP contribution in [0.25, 0.3) is 0 Å². The summed E-state index contributed by atoms with van der Waals surface area (Å²) in [6.07, 6.45) is 4.73. The summed E-state index contributed by atoms with van der Waals surface area (Å²) in [5.41, 5.74) is 6.59. The van der Waals surface area contributed by atoms with Crippen molar-refractivity contribution in [3.05, 3.63) is 83.9 Å². The van der Waals surface area contributed by atoms with Crippen LogP contribution < -0.4 is 19.8 Å². The van der Waals surface area contributed by atoms with Gasteiger partial charge in [-0.2, -0.15) is 10.2 Å². The van der Waals surface area contributed by atoms with Crippen molar-refractivity contribution in [1.82, 2.24) is 0 Å². The third-order valence-electron chi connectivity index (χ3n) is 5.79. The van der Waals surface area contributed by atoms with Crippen LogP contribution in [0.4, 0.5) is 22.7 Å². The second-order valence-corrected chi connectivity index (χ2v) is 8.53. The van der Waals surface area contributed by atoms with E-state index >= 15 is 0 Å². The molecule has 4 rings (SSSR count). The first-order valence-corrected chi connectivity index (χ1v) is 11.3. The average Bonchev–Trinajstić information content (AvgIpc) is 3.14. The van der Waals surface area contributed by atoms with Crippen molar-refractivity contribution in [3.63, 3.8) is 0 Å². The fourth-order valence-corrected chi connectivity index (χ4v) is 3.88. The van der Waals surface area contributed by atoms with Gasteiger partial charge < -0.3 is 9.80 Å². The van der Waals surface area contributed by atoms with Crippen LogP contribution in [0.1, 0.15) is 24.5 Å². The van der Waals surface area contributed by atoms with Crippen LogP contribution in [0.15, 0.2) is 83.0 Å². The standard InChI is InChI=1S/C27H32N6/c1-6-27-32(28-19-21-11-15-23(16-12-21)30(2)3)25-9-7-8-10-26(25)33(27)29-20-22-13-17-24(18-14-22)31(4)5/h7-20,27H,6H2,1-5H3. The molecule has 0 bridgehead atoms. The van der Waals surface area contributed by atoms with E-state index in [1.165, 1.54) is 11.4 Å². The fraction of sp³-hybridized carbons (Fsp3) is 0.259. The van der Waals surface area contributed by atoms with Gasteiger partial charge in [0.2, 0.25) is 0 Å². The Morgan fingerprint density at radius 2 is 1.06 bits per heavy atom.